The van der Waals surface area contributed by atoms with E-state index in [0.717, 1.165) is 19.3 Å². The Labute approximate surface area is 171 Å². The molecule has 29 heavy (non-hydrogen) atoms. The zero-order valence-electron chi connectivity index (χ0n) is 16.8. The fourth-order valence-electron chi connectivity index (χ4n) is 5.38. The van der Waals surface area contributed by atoms with Crippen LogP contribution in [-0.4, -0.2) is 18.5 Å². The second-order valence-corrected chi connectivity index (χ2v) is 8.32. The van der Waals surface area contributed by atoms with E-state index < -0.39 is 0 Å². The second-order valence-electron chi connectivity index (χ2n) is 8.32. The minimum absolute atomic E-state index is 0.0334. The lowest BCUT2D eigenvalue weighted by Gasteiger charge is -2.33. The van der Waals surface area contributed by atoms with Gasteiger partial charge in [-0.1, -0.05) is 67.2 Å². The normalized spacial score (nSPS) is 21.8. The van der Waals surface area contributed by atoms with Crippen LogP contribution in [0.2, 0.25) is 0 Å². The summed E-state index contributed by atoms with van der Waals surface area (Å²) in [6.45, 7) is 6.89. The molecular weight excluding hydrogens is 356 g/mol. The predicted octanol–water partition coefficient (Wildman–Crippen LogP) is 5.06. The summed E-state index contributed by atoms with van der Waals surface area (Å²) in [5, 5.41) is 9.36. The number of nitrogens with one attached hydrogen (secondary N) is 2. The third kappa shape index (κ3) is 2.68. The van der Waals surface area contributed by atoms with Crippen molar-refractivity contribution in [3.63, 3.8) is 0 Å². The zero-order chi connectivity index (χ0) is 20.0. The van der Waals surface area contributed by atoms with Gasteiger partial charge in [0.05, 0.1) is 0 Å². The molecule has 0 fully saturated rings. The van der Waals surface area contributed by atoms with E-state index in [0.29, 0.717) is 6.54 Å². The van der Waals surface area contributed by atoms with Gasteiger partial charge in [-0.05, 0) is 46.9 Å². The molecule has 2 aliphatic rings. The maximum absolute atomic E-state index is 11.3. The Kier molecular flexibility index (Phi) is 4.20. The lowest BCUT2D eigenvalue weighted by atomic mass is 9.70. The Bertz CT molecular complexity index is 1130. The maximum atomic E-state index is 11.3. The Morgan fingerprint density at radius 1 is 1.14 bits per heavy atom. The third-order valence-corrected chi connectivity index (χ3v) is 6.72. The molecule has 2 atom stereocenters. The summed E-state index contributed by atoms with van der Waals surface area (Å²) in [5.41, 5.74) is 6.39. The Hall–Kier alpha value is -3.07. The second kappa shape index (κ2) is 6.77. The Balaban J connectivity index is 1.59. The van der Waals surface area contributed by atoms with Gasteiger partial charge in [-0.25, -0.2) is 0 Å². The highest BCUT2D eigenvalue weighted by molar-refractivity contribution is 6.00. The van der Waals surface area contributed by atoms with Crippen LogP contribution in [0.3, 0.4) is 0 Å². The quantitative estimate of drug-likeness (QED) is 0.620. The smallest absolute Gasteiger partial charge is 0.216 e. The minimum Gasteiger partial charge on any atom is -0.380 e. The summed E-state index contributed by atoms with van der Waals surface area (Å²) in [5.74, 6) is 0.0334. The van der Waals surface area contributed by atoms with Gasteiger partial charge in [0.2, 0.25) is 5.91 Å². The zero-order valence-corrected chi connectivity index (χ0v) is 16.8. The molecule has 1 aliphatic carbocycles. The molecule has 0 bridgehead atoms. The molecule has 1 heterocycles. The standard InChI is InChI=1S/C26H26N2O/c1-17-21-10-5-4-9-20(21)16-26(17)23-14-13-19-8-3-6-11-22(19)25(23)28-24(26)12-7-15-27-18(2)29/h3-6,8-11,13-14,24,28H,1,7,12,15-16H2,2H3,(H,27,29)/t24-,26-/m0/s1. The van der Waals surface area contributed by atoms with Gasteiger partial charge in [0.25, 0.3) is 0 Å². The number of carbonyl (C=O) groups excluding carboxylic acids is 1. The molecule has 146 valence electrons. The summed E-state index contributed by atoms with van der Waals surface area (Å²) >= 11 is 0. The van der Waals surface area contributed by atoms with Crippen LogP contribution in [-0.2, 0) is 16.6 Å². The van der Waals surface area contributed by atoms with E-state index in [4.69, 9.17) is 0 Å². The number of anilines is 1. The Morgan fingerprint density at radius 2 is 1.93 bits per heavy atom. The minimum atomic E-state index is -0.126. The number of fused-ring (bicyclic) bond motifs is 5. The van der Waals surface area contributed by atoms with Crippen LogP contribution in [0.15, 0.2) is 67.2 Å². The third-order valence-electron chi connectivity index (χ3n) is 6.72. The number of rotatable bonds is 4. The van der Waals surface area contributed by atoms with E-state index in [-0.39, 0.29) is 17.4 Å². The van der Waals surface area contributed by atoms with Crippen molar-refractivity contribution in [2.24, 2.45) is 0 Å². The van der Waals surface area contributed by atoms with E-state index in [1.54, 1.807) is 6.92 Å². The lowest BCUT2D eigenvalue weighted by molar-refractivity contribution is -0.118. The molecule has 3 heteroatoms. The van der Waals surface area contributed by atoms with E-state index in [2.05, 4.69) is 77.9 Å². The van der Waals surface area contributed by atoms with Crippen LogP contribution in [0.5, 0.6) is 0 Å². The van der Waals surface area contributed by atoms with Gasteiger partial charge in [-0.2, -0.15) is 0 Å². The molecule has 1 amide bonds. The first-order valence-corrected chi connectivity index (χ1v) is 10.4. The number of amides is 1. The summed E-state index contributed by atoms with van der Waals surface area (Å²) in [4.78, 5) is 11.3. The molecule has 2 N–H and O–H groups in total. The number of hydrogen-bond acceptors (Lipinski definition) is 2. The van der Waals surface area contributed by atoms with Crippen molar-refractivity contribution < 1.29 is 4.79 Å². The average molecular weight is 383 g/mol. The van der Waals surface area contributed by atoms with Gasteiger partial charge in [0.1, 0.15) is 0 Å². The van der Waals surface area contributed by atoms with Gasteiger partial charge in [-0.15, -0.1) is 0 Å². The molecule has 3 aromatic rings. The molecular formula is C26H26N2O. The van der Waals surface area contributed by atoms with Crippen molar-refractivity contribution >= 4 is 27.9 Å². The van der Waals surface area contributed by atoms with Crippen molar-refractivity contribution in [2.45, 2.75) is 37.6 Å². The molecule has 1 spiro atoms. The molecule has 0 radical (unpaired) electrons. The van der Waals surface area contributed by atoms with Gasteiger partial charge < -0.3 is 10.6 Å². The van der Waals surface area contributed by atoms with Crippen LogP contribution in [0.1, 0.15) is 36.5 Å². The average Bonchev–Trinajstić information content (AvgIpc) is 3.21. The number of benzene rings is 3. The fraction of sp³-hybridized carbons (Fsp3) is 0.269. The SMILES string of the molecule is C=C1c2ccccc2C[C@@]12c1ccc3ccccc3c1N[C@H]2CCCNC(C)=O. The number of carbonyl (C=O) groups is 1. The van der Waals surface area contributed by atoms with Crippen molar-refractivity contribution in [2.75, 3.05) is 11.9 Å². The molecule has 5 rings (SSSR count). The molecule has 1 aliphatic heterocycles. The largest absolute Gasteiger partial charge is 0.380 e. The Morgan fingerprint density at radius 3 is 2.76 bits per heavy atom. The van der Waals surface area contributed by atoms with Crippen LogP contribution in [0.25, 0.3) is 16.3 Å². The highest BCUT2D eigenvalue weighted by Gasteiger charge is 2.52. The summed E-state index contributed by atoms with van der Waals surface area (Å²) in [6, 6.07) is 22.1. The monoisotopic (exact) mass is 382 g/mol. The topological polar surface area (TPSA) is 41.1 Å². The van der Waals surface area contributed by atoms with Crippen LogP contribution < -0.4 is 10.6 Å². The summed E-state index contributed by atoms with van der Waals surface area (Å²) in [6.07, 6.45) is 2.90. The molecule has 3 aromatic carbocycles. The van der Waals surface area contributed by atoms with E-state index >= 15 is 0 Å². The lowest BCUT2D eigenvalue weighted by Crippen LogP contribution is -2.39. The fourth-order valence-corrected chi connectivity index (χ4v) is 5.38. The van der Waals surface area contributed by atoms with E-state index in [1.165, 1.54) is 38.7 Å². The first-order chi connectivity index (χ1) is 14.1. The van der Waals surface area contributed by atoms with Crippen molar-refractivity contribution in [1.82, 2.24) is 5.32 Å². The van der Waals surface area contributed by atoms with Crippen LogP contribution in [0.4, 0.5) is 5.69 Å². The first kappa shape index (κ1) is 18.0. The van der Waals surface area contributed by atoms with Gasteiger partial charge >= 0.3 is 0 Å². The predicted molar refractivity (Wildman–Crippen MR) is 120 cm³/mol. The highest BCUT2D eigenvalue weighted by atomic mass is 16.1. The molecule has 0 aromatic heterocycles. The molecule has 3 nitrogen and oxygen atoms in total. The maximum Gasteiger partial charge on any atom is 0.216 e. The summed E-state index contributed by atoms with van der Waals surface area (Å²) in [7, 11) is 0. The van der Waals surface area contributed by atoms with Gasteiger partial charge in [-0.3, -0.25) is 4.79 Å². The summed E-state index contributed by atoms with van der Waals surface area (Å²) < 4.78 is 0. The van der Waals surface area contributed by atoms with Crippen molar-refractivity contribution in [3.8, 4) is 0 Å². The molecule has 0 unspecified atom stereocenters. The molecule has 0 saturated carbocycles. The number of hydrogen-bond donors (Lipinski definition) is 2. The highest BCUT2D eigenvalue weighted by Crippen LogP contribution is 2.57. The van der Waals surface area contributed by atoms with Crippen LogP contribution >= 0.6 is 0 Å². The first-order valence-electron chi connectivity index (χ1n) is 10.4. The van der Waals surface area contributed by atoms with E-state index in [9.17, 15) is 4.79 Å². The molecule has 0 saturated heterocycles. The van der Waals surface area contributed by atoms with Gasteiger partial charge in [0.15, 0.2) is 0 Å². The van der Waals surface area contributed by atoms with Crippen LogP contribution in [0, 0.1) is 0 Å². The van der Waals surface area contributed by atoms with Gasteiger partial charge in [0, 0.05) is 36.0 Å². The van der Waals surface area contributed by atoms with Crippen molar-refractivity contribution in [1.29, 1.82) is 0 Å². The van der Waals surface area contributed by atoms with E-state index in [1.807, 2.05) is 0 Å². The van der Waals surface area contributed by atoms with Crippen molar-refractivity contribution in [3.05, 3.63) is 83.9 Å².